The van der Waals surface area contributed by atoms with E-state index in [9.17, 15) is 10.0 Å². The van der Waals surface area contributed by atoms with Gasteiger partial charge in [0.05, 0.1) is 6.20 Å². The molecule has 1 heterocycles. The minimum atomic E-state index is -0.904. The van der Waals surface area contributed by atoms with E-state index in [0.717, 1.165) is 25.7 Å². The molecule has 1 aliphatic rings. The predicted molar refractivity (Wildman–Crippen MR) is 71.9 cm³/mol. The number of hydrogen-bond acceptors (Lipinski definition) is 5. The number of hydrogen-bond donors (Lipinski definition) is 2. The van der Waals surface area contributed by atoms with E-state index in [-0.39, 0.29) is 12.0 Å². The molecule has 20 heavy (non-hydrogen) atoms. The van der Waals surface area contributed by atoms with Crippen LogP contribution in [0.1, 0.15) is 31.4 Å². The summed E-state index contributed by atoms with van der Waals surface area (Å²) in [5.41, 5.74) is 1.11. The summed E-state index contributed by atoms with van der Waals surface area (Å²) in [4.78, 5) is 20.4. The van der Waals surface area contributed by atoms with Crippen LogP contribution < -0.4 is 0 Å². The largest absolute Gasteiger partial charge is 0.465 e. The van der Waals surface area contributed by atoms with E-state index in [1.165, 1.54) is 4.90 Å². The van der Waals surface area contributed by atoms with Gasteiger partial charge in [0.15, 0.2) is 0 Å². The Labute approximate surface area is 117 Å². The van der Waals surface area contributed by atoms with Crippen molar-refractivity contribution in [1.82, 2.24) is 14.9 Å². The van der Waals surface area contributed by atoms with Gasteiger partial charge < -0.3 is 15.2 Å². The lowest BCUT2D eigenvalue weighted by atomic mass is 9.82. The van der Waals surface area contributed by atoms with E-state index in [0.29, 0.717) is 11.4 Å². The highest BCUT2D eigenvalue weighted by atomic mass is 16.4. The summed E-state index contributed by atoms with van der Waals surface area (Å²) in [6, 6.07) is 0.0329. The highest BCUT2D eigenvalue weighted by Gasteiger charge is 2.30. The fourth-order valence-electron chi connectivity index (χ4n) is 2.67. The number of oxime groups is 1. The van der Waals surface area contributed by atoms with E-state index >= 15 is 0 Å². The Hall–Kier alpha value is -2.18. The number of nitrogens with zero attached hydrogens (tertiary/aromatic N) is 4. The molecule has 0 saturated heterocycles. The molecule has 0 bridgehead atoms. The molecule has 0 atom stereocenters. The summed E-state index contributed by atoms with van der Waals surface area (Å²) in [5.74, 6) is 0.0927. The van der Waals surface area contributed by atoms with Gasteiger partial charge in [0.2, 0.25) is 0 Å². The second-order valence-corrected chi connectivity index (χ2v) is 4.97. The first-order valence-electron chi connectivity index (χ1n) is 6.57. The number of amides is 1. The standard InChI is InChI=1S/C13H18N4O3/c1-17(13(18)19)10-4-2-9(3-5-10)12(16-20)11-8-14-6-7-15-11/h6-10,20H,2-5H2,1H3,(H,18,19)/b16-12-. The summed E-state index contributed by atoms with van der Waals surface area (Å²) in [6.45, 7) is 0. The summed E-state index contributed by atoms with van der Waals surface area (Å²) < 4.78 is 0. The first kappa shape index (κ1) is 14.2. The average molecular weight is 278 g/mol. The molecule has 108 valence electrons. The van der Waals surface area contributed by atoms with Crippen molar-refractivity contribution in [2.45, 2.75) is 31.7 Å². The van der Waals surface area contributed by atoms with Crippen LogP contribution in [0.5, 0.6) is 0 Å². The average Bonchev–Trinajstić information content (AvgIpc) is 2.49. The highest BCUT2D eigenvalue weighted by Crippen LogP contribution is 2.29. The second-order valence-electron chi connectivity index (χ2n) is 4.97. The van der Waals surface area contributed by atoms with Crippen molar-refractivity contribution >= 4 is 11.8 Å². The maximum absolute atomic E-state index is 10.9. The van der Waals surface area contributed by atoms with Crippen LogP contribution in [0.2, 0.25) is 0 Å². The Balaban J connectivity index is 2.01. The Morgan fingerprint density at radius 2 is 2.05 bits per heavy atom. The highest BCUT2D eigenvalue weighted by molar-refractivity contribution is 6.00. The molecule has 2 N–H and O–H groups in total. The van der Waals surface area contributed by atoms with Gasteiger partial charge in [-0.05, 0) is 25.7 Å². The van der Waals surface area contributed by atoms with Gasteiger partial charge in [0.25, 0.3) is 0 Å². The van der Waals surface area contributed by atoms with Crippen molar-refractivity contribution in [2.75, 3.05) is 7.05 Å². The monoisotopic (exact) mass is 278 g/mol. The van der Waals surface area contributed by atoms with E-state index in [1.807, 2.05) is 0 Å². The van der Waals surface area contributed by atoms with Crippen molar-refractivity contribution in [2.24, 2.45) is 11.1 Å². The van der Waals surface area contributed by atoms with Gasteiger partial charge in [-0.1, -0.05) is 5.16 Å². The SMILES string of the molecule is CN(C(=O)O)C1CCC(/C(=N/O)c2cnccn2)CC1. The molecule has 1 aromatic heterocycles. The van der Waals surface area contributed by atoms with Crippen LogP contribution in [0.15, 0.2) is 23.7 Å². The van der Waals surface area contributed by atoms with E-state index in [4.69, 9.17) is 5.11 Å². The molecule has 1 aliphatic carbocycles. The first-order chi connectivity index (χ1) is 9.63. The number of aromatic nitrogens is 2. The molecule has 0 radical (unpaired) electrons. The number of carboxylic acid groups (broad SMARTS) is 1. The second kappa shape index (κ2) is 6.31. The third kappa shape index (κ3) is 3.04. The molecule has 0 aromatic carbocycles. The molecule has 7 heteroatoms. The van der Waals surface area contributed by atoms with Crippen LogP contribution in [-0.4, -0.2) is 50.1 Å². The molecule has 1 aromatic rings. The zero-order chi connectivity index (χ0) is 14.5. The molecule has 0 unspecified atom stereocenters. The molecular formula is C13H18N4O3. The minimum absolute atomic E-state index is 0.0329. The lowest BCUT2D eigenvalue weighted by molar-refractivity contribution is 0.123. The maximum Gasteiger partial charge on any atom is 0.407 e. The van der Waals surface area contributed by atoms with Crippen molar-refractivity contribution in [3.63, 3.8) is 0 Å². The summed E-state index contributed by atoms with van der Waals surface area (Å²) in [5, 5.41) is 21.6. The summed E-state index contributed by atoms with van der Waals surface area (Å²) in [6.07, 6.45) is 6.86. The van der Waals surface area contributed by atoms with Crippen molar-refractivity contribution in [1.29, 1.82) is 0 Å². The van der Waals surface area contributed by atoms with Crippen molar-refractivity contribution < 1.29 is 15.1 Å². The van der Waals surface area contributed by atoms with Gasteiger partial charge >= 0.3 is 6.09 Å². The van der Waals surface area contributed by atoms with E-state index in [2.05, 4.69) is 15.1 Å². The summed E-state index contributed by atoms with van der Waals surface area (Å²) in [7, 11) is 1.59. The molecule has 0 spiro atoms. The third-order valence-electron chi connectivity index (χ3n) is 3.87. The van der Waals surface area contributed by atoms with Crippen LogP contribution in [0.25, 0.3) is 0 Å². The Kier molecular flexibility index (Phi) is 4.49. The molecular weight excluding hydrogens is 260 g/mol. The normalized spacial score (nSPS) is 23.4. The molecule has 1 saturated carbocycles. The van der Waals surface area contributed by atoms with Gasteiger partial charge in [-0.2, -0.15) is 0 Å². The van der Waals surface area contributed by atoms with Gasteiger partial charge in [-0.3, -0.25) is 9.97 Å². The topological polar surface area (TPSA) is 98.9 Å². The van der Waals surface area contributed by atoms with Crippen LogP contribution >= 0.6 is 0 Å². The first-order valence-corrected chi connectivity index (χ1v) is 6.57. The van der Waals surface area contributed by atoms with Crippen molar-refractivity contribution in [3.05, 3.63) is 24.3 Å². The Bertz CT molecular complexity index is 484. The maximum atomic E-state index is 10.9. The summed E-state index contributed by atoms with van der Waals surface area (Å²) >= 11 is 0. The van der Waals surface area contributed by atoms with Gasteiger partial charge in [-0.15, -0.1) is 0 Å². The molecule has 2 rings (SSSR count). The fraction of sp³-hybridized carbons (Fsp3) is 0.538. The zero-order valence-electron chi connectivity index (χ0n) is 11.3. The minimum Gasteiger partial charge on any atom is -0.465 e. The fourth-order valence-corrected chi connectivity index (χ4v) is 2.67. The van der Waals surface area contributed by atoms with Crippen LogP contribution in [0, 0.1) is 5.92 Å². The number of rotatable bonds is 3. The van der Waals surface area contributed by atoms with E-state index < -0.39 is 6.09 Å². The molecule has 1 fully saturated rings. The zero-order valence-corrected chi connectivity index (χ0v) is 11.3. The Morgan fingerprint density at radius 3 is 2.55 bits per heavy atom. The van der Waals surface area contributed by atoms with Crippen LogP contribution in [0.4, 0.5) is 4.79 Å². The van der Waals surface area contributed by atoms with Crippen LogP contribution in [0.3, 0.4) is 0 Å². The Morgan fingerprint density at radius 1 is 1.35 bits per heavy atom. The smallest absolute Gasteiger partial charge is 0.407 e. The van der Waals surface area contributed by atoms with Crippen LogP contribution in [-0.2, 0) is 0 Å². The van der Waals surface area contributed by atoms with Crippen molar-refractivity contribution in [3.8, 4) is 0 Å². The quantitative estimate of drug-likeness (QED) is 0.499. The molecule has 0 aliphatic heterocycles. The lowest BCUT2D eigenvalue weighted by Gasteiger charge is -2.33. The van der Waals surface area contributed by atoms with E-state index in [1.54, 1.807) is 25.6 Å². The van der Waals surface area contributed by atoms with Gasteiger partial charge in [0.1, 0.15) is 11.4 Å². The molecule has 7 nitrogen and oxygen atoms in total. The lowest BCUT2D eigenvalue weighted by Crippen LogP contribution is -2.39. The van der Waals surface area contributed by atoms with Gasteiger partial charge in [0, 0.05) is 31.4 Å². The third-order valence-corrected chi connectivity index (χ3v) is 3.87. The van der Waals surface area contributed by atoms with Gasteiger partial charge in [-0.25, -0.2) is 4.79 Å². The predicted octanol–water partition coefficient (Wildman–Crippen LogP) is 1.82. The molecule has 1 amide bonds. The number of carbonyl (C=O) groups is 1.